The van der Waals surface area contributed by atoms with Gasteiger partial charge in [-0.25, -0.2) is 0 Å². The summed E-state index contributed by atoms with van der Waals surface area (Å²) in [6.45, 7) is 0.331. The predicted molar refractivity (Wildman–Crippen MR) is 70.7 cm³/mol. The quantitative estimate of drug-likeness (QED) is 0.815. The van der Waals surface area contributed by atoms with E-state index in [1.807, 2.05) is 6.07 Å². The smallest absolute Gasteiger partial charge is 0.231 e. The van der Waals surface area contributed by atoms with Crippen LogP contribution >= 0.6 is 0 Å². The van der Waals surface area contributed by atoms with Crippen molar-refractivity contribution in [3.05, 3.63) is 23.8 Å². The van der Waals surface area contributed by atoms with Gasteiger partial charge in [0.15, 0.2) is 11.5 Å². The third kappa shape index (κ3) is 2.32. The van der Waals surface area contributed by atoms with Crippen LogP contribution in [0.3, 0.4) is 0 Å². The summed E-state index contributed by atoms with van der Waals surface area (Å²) >= 11 is 0. The average Bonchev–Trinajstić information content (AvgIpc) is 2.69. The van der Waals surface area contributed by atoms with Crippen molar-refractivity contribution in [2.24, 2.45) is 11.7 Å². The Morgan fingerprint density at radius 3 is 2.50 bits per heavy atom. The lowest BCUT2D eigenvalue weighted by Gasteiger charge is -2.22. The van der Waals surface area contributed by atoms with Crippen molar-refractivity contribution in [2.75, 3.05) is 6.79 Å². The third-order valence-corrected chi connectivity index (χ3v) is 4.19. The van der Waals surface area contributed by atoms with E-state index in [-0.39, 0.29) is 6.04 Å². The van der Waals surface area contributed by atoms with E-state index in [9.17, 15) is 0 Å². The fourth-order valence-corrected chi connectivity index (χ4v) is 3.06. The van der Waals surface area contributed by atoms with Gasteiger partial charge >= 0.3 is 0 Å². The molecule has 1 fully saturated rings. The molecule has 1 aromatic rings. The second-order valence-corrected chi connectivity index (χ2v) is 5.39. The number of hydrogen-bond donors (Lipinski definition) is 1. The second kappa shape index (κ2) is 5.19. The summed E-state index contributed by atoms with van der Waals surface area (Å²) in [4.78, 5) is 0. The van der Waals surface area contributed by atoms with Crippen molar-refractivity contribution in [1.29, 1.82) is 0 Å². The van der Waals surface area contributed by atoms with Gasteiger partial charge in [-0.1, -0.05) is 31.7 Å². The molecule has 3 rings (SSSR count). The van der Waals surface area contributed by atoms with Crippen LogP contribution < -0.4 is 15.2 Å². The Hall–Kier alpha value is -1.22. The average molecular weight is 247 g/mol. The molecule has 3 nitrogen and oxygen atoms in total. The molecule has 98 valence electrons. The Labute approximate surface area is 108 Å². The van der Waals surface area contributed by atoms with Gasteiger partial charge in [0.2, 0.25) is 6.79 Å². The molecule has 18 heavy (non-hydrogen) atoms. The SMILES string of the molecule is NC(c1ccc2c(c1)OCO2)C1CCCCCC1. The van der Waals surface area contributed by atoms with E-state index in [1.54, 1.807) is 0 Å². The lowest BCUT2D eigenvalue weighted by molar-refractivity contribution is 0.174. The zero-order chi connectivity index (χ0) is 12.4. The van der Waals surface area contributed by atoms with Crippen molar-refractivity contribution >= 4 is 0 Å². The maximum absolute atomic E-state index is 6.44. The second-order valence-electron chi connectivity index (χ2n) is 5.39. The Morgan fingerprint density at radius 1 is 1.00 bits per heavy atom. The molecular weight excluding hydrogens is 226 g/mol. The summed E-state index contributed by atoms with van der Waals surface area (Å²) in [7, 11) is 0. The summed E-state index contributed by atoms with van der Waals surface area (Å²) in [6.07, 6.45) is 7.89. The molecule has 1 aliphatic heterocycles. The first-order valence-corrected chi connectivity index (χ1v) is 7.00. The number of benzene rings is 1. The fraction of sp³-hybridized carbons (Fsp3) is 0.600. The molecule has 0 amide bonds. The van der Waals surface area contributed by atoms with Crippen LogP contribution in [0.2, 0.25) is 0 Å². The molecule has 2 N–H and O–H groups in total. The first kappa shape index (κ1) is 11.8. The molecule has 1 atom stereocenters. The van der Waals surface area contributed by atoms with Crippen LogP contribution in [0.25, 0.3) is 0 Å². The molecule has 1 aromatic carbocycles. The van der Waals surface area contributed by atoms with Crippen LogP contribution in [0.15, 0.2) is 18.2 Å². The van der Waals surface area contributed by atoms with Gasteiger partial charge in [-0.2, -0.15) is 0 Å². The van der Waals surface area contributed by atoms with Crippen LogP contribution in [0, 0.1) is 5.92 Å². The minimum atomic E-state index is 0.137. The molecule has 0 aromatic heterocycles. The molecule has 1 aliphatic carbocycles. The van der Waals surface area contributed by atoms with E-state index in [2.05, 4.69) is 12.1 Å². The number of rotatable bonds is 2. The Balaban J connectivity index is 1.76. The monoisotopic (exact) mass is 247 g/mol. The zero-order valence-electron chi connectivity index (χ0n) is 10.7. The molecule has 1 heterocycles. The van der Waals surface area contributed by atoms with Gasteiger partial charge in [0.05, 0.1) is 0 Å². The van der Waals surface area contributed by atoms with Crippen molar-refractivity contribution in [3.63, 3.8) is 0 Å². The van der Waals surface area contributed by atoms with Crippen LogP contribution in [-0.2, 0) is 0 Å². The van der Waals surface area contributed by atoms with Gasteiger partial charge in [0, 0.05) is 6.04 Å². The Morgan fingerprint density at radius 2 is 1.72 bits per heavy atom. The molecule has 0 saturated heterocycles. The number of fused-ring (bicyclic) bond motifs is 1. The highest BCUT2D eigenvalue weighted by Gasteiger charge is 2.23. The normalized spacial score (nSPS) is 21.6. The van der Waals surface area contributed by atoms with Crippen LogP contribution in [0.4, 0.5) is 0 Å². The highest BCUT2D eigenvalue weighted by molar-refractivity contribution is 5.45. The van der Waals surface area contributed by atoms with E-state index in [1.165, 1.54) is 44.1 Å². The van der Waals surface area contributed by atoms with Gasteiger partial charge in [-0.3, -0.25) is 0 Å². The van der Waals surface area contributed by atoms with E-state index in [4.69, 9.17) is 15.2 Å². The molecule has 0 bridgehead atoms. The van der Waals surface area contributed by atoms with Gasteiger partial charge in [0.25, 0.3) is 0 Å². The molecule has 0 spiro atoms. The minimum absolute atomic E-state index is 0.137. The van der Waals surface area contributed by atoms with Crippen molar-refractivity contribution in [3.8, 4) is 11.5 Å². The van der Waals surface area contributed by atoms with Crippen LogP contribution in [0.1, 0.15) is 50.1 Å². The summed E-state index contributed by atoms with van der Waals surface area (Å²) in [5.74, 6) is 2.30. The van der Waals surface area contributed by atoms with Gasteiger partial charge in [-0.15, -0.1) is 0 Å². The Bertz CT molecular complexity index is 411. The molecule has 3 heteroatoms. The predicted octanol–water partition coefficient (Wildman–Crippen LogP) is 3.39. The van der Waals surface area contributed by atoms with E-state index in [0.29, 0.717) is 12.7 Å². The maximum atomic E-state index is 6.44. The third-order valence-electron chi connectivity index (χ3n) is 4.19. The maximum Gasteiger partial charge on any atom is 0.231 e. The van der Waals surface area contributed by atoms with Crippen molar-refractivity contribution in [2.45, 2.75) is 44.6 Å². The molecule has 1 unspecified atom stereocenters. The number of ether oxygens (including phenoxy) is 2. The number of hydrogen-bond acceptors (Lipinski definition) is 3. The number of nitrogens with two attached hydrogens (primary N) is 1. The summed E-state index contributed by atoms with van der Waals surface area (Å²) < 4.78 is 10.8. The van der Waals surface area contributed by atoms with E-state index >= 15 is 0 Å². The first-order chi connectivity index (χ1) is 8.84. The fourth-order valence-electron chi connectivity index (χ4n) is 3.06. The Kier molecular flexibility index (Phi) is 3.41. The summed E-state index contributed by atoms with van der Waals surface area (Å²) in [5, 5.41) is 0. The molecule has 2 aliphatic rings. The largest absolute Gasteiger partial charge is 0.454 e. The van der Waals surface area contributed by atoms with E-state index < -0.39 is 0 Å². The van der Waals surface area contributed by atoms with Gasteiger partial charge in [-0.05, 0) is 36.5 Å². The van der Waals surface area contributed by atoms with Crippen molar-refractivity contribution < 1.29 is 9.47 Å². The van der Waals surface area contributed by atoms with Crippen LogP contribution in [-0.4, -0.2) is 6.79 Å². The topological polar surface area (TPSA) is 44.5 Å². The summed E-state index contributed by atoms with van der Waals surface area (Å²) in [6, 6.07) is 6.26. The molecular formula is C15H21NO2. The molecule has 0 radical (unpaired) electrons. The minimum Gasteiger partial charge on any atom is -0.454 e. The van der Waals surface area contributed by atoms with Gasteiger partial charge in [0.1, 0.15) is 0 Å². The standard InChI is InChI=1S/C15H21NO2/c16-15(11-5-3-1-2-4-6-11)12-7-8-13-14(9-12)18-10-17-13/h7-9,11,15H,1-6,10,16H2. The zero-order valence-corrected chi connectivity index (χ0v) is 10.7. The lowest BCUT2D eigenvalue weighted by atomic mass is 9.88. The highest BCUT2D eigenvalue weighted by atomic mass is 16.7. The highest BCUT2D eigenvalue weighted by Crippen LogP contribution is 2.37. The lowest BCUT2D eigenvalue weighted by Crippen LogP contribution is -2.21. The van der Waals surface area contributed by atoms with E-state index in [0.717, 1.165) is 11.5 Å². The summed E-state index contributed by atoms with van der Waals surface area (Å²) in [5.41, 5.74) is 7.62. The molecule has 1 saturated carbocycles. The first-order valence-electron chi connectivity index (χ1n) is 7.00. The van der Waals surface area contributed by atoms with Crippen molar-refractivity contribution in [1.82, 2.24) is 0 Å². The van der Waals surface area contributed by atoms with Gasteiger partial charge < -0.3 is 15.2 Å². The van der Waals surface area contributed by atoms with Crippen LogP contribution in [0.5, 0.6) is 11.5 Å².